The maximum Gasteiger partial charge on any atom is 0.237 e. The largest absolute Gasteiger partial charge is 0.377 e. The van der Waals surface area contributed by atoms with E-state index in [1.807, 2.05) is 6.92 Å². The Bertz CT molecular complexity index is 173. The van der Waals surface area contributed by atoms with Gasteiger partial charge in [-0.25, -0.2) is 0 Å². The number of amides is 1. The molecule has 0 aliphatic carbocycles. The first-order valence-corrected chi connectivity index (χ1v) is 5.26. The Kier molecular flexibility index (Phi) is 4.53. The standard InChI is InChI=1S/C9H16ClNO2/c1-2-13-8-4-3-5-11(7-8)9(12)6-10/h8H,2-7H2,1H3. The summed E-state index contributed by atoms with van der Waals surface area (Å²) in [6.07, 6.45) is 2.29. The molecule has 1 aliphatic heterocycles. The number of halogens is 1. The van der Waals surface area contributed by atoms with Crippen LogP contribution in [-0.4, -0.2) is 42.5 Å². The maximum absolute atomic E-state index is 11.3. The van der Waals surface area contributed by atoms with Crippen LogP contribution >= 0.6 is 11.6 Å². The first-order valence-electron chi connectivity index (χ1n) is 4.73. The Morgan fingerprint density at radius 2 is 2.46 bits per heavy atom. The number of hydrogen-bond acceptors (Lipinski definition) is 2. The van der Waals surface area contributed by atoms with E-state index in [9.17, 15) is 4.79 Å². The minimum atomic E-state index is 0.0195. The minimum Gasteiger partial charge on any atom is -0.377 e. The van der Waals surface area contributed by atoms with Crippen molar-refractivity contribution in [3.05, 3.63) is 0 Å². The molecule has 13 heavy (non-hydrogen) atoms. The number of likely N-dealkylation sites (tertiary alicyclic amines) is 1. The monoisotopic (exact) mass is 205 g/mol. The van der Waals surface area contributed by atoms with E-state index in [0.717, 1.165) is 19.4 Å². The van der Waals surface area contributed by atoms with Gasteiger partial charge in [0, 0.05) is 19.7 Å². The van der Waals surface area contributed by atoms with Crippen LogP contribution in [0.3, 0.4) is 0 Å². The number of nitrogens with zero attached hydrogens (tertiary/aromatic N) is 1. The number of rotatable bonds is 3. The summed E-state index contributed by atoms with van der Waals surface area (Å²) in [5.74, 6) is 0.102. The van der Waals surface area contributed by atoms with Gasteiger partial charge in [0.1, 0.15) is 5.88 Å². The van der Waals surface area contributed by atoms with E-state index < -0.39 is 0 Å². The molecule has 0 N–H and O–H groups in total. The predicted octanol–water partition coefficient (Wildman–Crippen LogP) is 1.25. The second-order valence-electron chi connectivity index (χ2n) is 3.19. The smallest absolute Gasteiger partial charge is 0.237 e. The van der Waals surface area contributed by atoms with Crippen LogP contribution in [0.5, 0.6) is 0 Å². The van der Waals surface area contributed by atoms with Gasteiger partial charge in [-0.05, 0) is 19.8 Å². The lowest BCUT2D eigenvalue weighted by Gasteiger charge is -2.32. The lowest BCUT2D eigenvalue weighted by molar-refractivity contribution is -0.132. The van der Waals surface area contributed by atoms with Crippen molar-refractivity contribution in [3.8, 4) is 0 Å². The lowest BCUT2D eigenvalue weighted by atomic mass is 10.1. The van der Waals surface area contributed by atoms with Crippen LogP contribution in [0.15, 0.2) is 0 Å². The summed E-state index contributed by atoms with van der Waals surface area (Å²) in [5.41, 5.74) is 0. The summed E-state index contributed by atoms with van der Waals surface area (Å²) in [6.45, 7) is 4.23. The fourth-order valence-electron chi connectivity index (χ4n) is 1.62. The van der Waals surface area contributed by atoms with Crippen molar-refractivity contribution in [3.63, 3.8) is 0 Å². The molecule has 1 fully saturated rings. The van der Waals surface area contributed by atoms with Crippen molar-refractivity contribution < 1.29 is 9.53 Å². The van der Waals surface area contributed by atoms with Crippen molar-refractivity contribution in [2.75, 3.05) is 25.6 Å². The van der Waals surface area contributed by atoms with Crippen LogP contribution < -0.4 is 0 Å². The SMILES string of the molecule is CCOC1CCCN(C(=O)CCl)C1. The van der Waals surface area contributed by atoms with E-state index in [4.69, 9.17) is 16.3 Å². The third kappa shape index (κ3) is 3.16. The van der Waals surface area contributed by atoms with E-state index in [-0.39, 0.29) is 17.9 Å². The van der Waals surface area contributed by atoms with E-state index in [2.05, 4.69) is 0 Å². The van der Waals surface area contributed by atoms with Gasteiger partial charge in [0.2, 0.25) is 5.91 Å². The number of hydrogen-bond donors (Lipinski definition) is 0. The van der Waals surface area contributed by atoms with Crippen molar-refractivity contribution in [2.45, 2.75) is 25.9 Å². The second kappa shape index (κ2) is 5.45. The average Bonchev–Trinajstić information content (AvgIpc) is 2.18. The summed E-state index contributed by atoms with van der Waals surface area (Å²) >= 11 is 5.48. The molecule has 1 saturated heterocycles. The normalized spacial score (nSPS) is 23.2. The van der Waals surface area contributed by atoms with Gasteiger partial charge in [-0.3, -0.25) is 4.79 Å². The molecule has 0 saturated carbocycles. The fourth-order valence-corrected chi connectivity index (χ4v) is 1.79. The molecule has 0 aromatic carbocycles. The van der Waals surface area contributed by atoms with E-state index in [1.165, 1.54) is 0 Å². The second-order valence-corrected chi connectivity index (χ2v) is 3.46. The summed E-state index contributed by atoms with van der Waals surface area (Å²) in [4.78, 5) is 13.0. The van der Waals surface area contributed by atoms with E-state index in [0.29, 0.717) is 13.2 Å². The van der Waals surface area contributed by atoms with E-state index >= 15 is 0 Å². The molecular weight excluding hydrogens is 190 g/mol. The van der Waals surface area contributed by atoms with Crippen LogP contribution in [-0.2, 0) is 9.53 Å². The van der Waals surface area contributed by atoms with E-state index in [1.54, 1.807) is 4.90 Å². The zero-order valence-corrected chi connectivity index (χ0v) is 8.72. The highest BCUT2D eigenvalue weighted by molar-refractivity contribution is 6.27. The molecule has 1 amide bonds. The maximum atomic E-state index is 11.3. The van der Waals surface area contributed by atoms with Gasteiger partial charge in [-0.2, -0.15) is 0 Å². The van der Waals surface area contributed by atoms with Crippen LogP contribution in [0.25, 0.3) is 0 Å². The first kappa shape index (κ1) is 10.8. The molecule has 4 heteroatoms. The Balaban J connectivity index is 2.37. The molecular formula is C9H16ClNO2. The van der Waals surface area contributed by atoms with Crippen molar-refractivity contribution in [1.82, 2.24) is 4.90 Å². The van der Waals surface area contributed by atoms with Gasteiger partial charge in [-0.1, -0.05) is 0 Å². The zero-order chi connectivity index (χ0) is 9.68. The first-order chi connectivity index (χ1) is 6.27. The Morgan fingerprint density at radius 1 is 1.69 bits per heavy atom. The summed E-state index contributed by atoms with van der Waals surface area (Å²) in [7, 11) is 0. The molecule has 76 valence electrons. The summed E-state index contributed by atoms with van der Waals surface area (Å²) < 4.78 is 5.47. The number of alkyl halides is 1. The van der Waals surface area contributed by atoms with Crippen molar-refractivity contribution in [2.24, 2.45) is 0 Å². The van der Waals surface area contributed by atoms with Gasteiger partial charge < -0.3 is 9.64 Å². The highest BCUT2D eigenvalue weighted by Crippen LogP contribution is 2.13. The number of piperidine rings is 1. The highest BCUT2D eigenvalue weighted by atomic mass is 35.5. The molecule has 1 aliphatic rings. The molecule has 0 radical (unpaired) electrons. The predicted molar refractivity (Wildman–Crippen MR) is 51.9 cm³/mol. The van der Waals surface area contributed by atoms with Crippen LogP contribution in [0.1, 0.15) is 19.8 Å². The molecule has 3 nitrogen and oxygen atoms in total. The molecule has 1 rings (SSSR count). The van der Waals surface area contributed by atoms with Crippen LogP contribution in [0.4, 0.5) is 0 Å². The van der Waals surface area contributed by atoms with Crippen LogP contribution in [0, 0.1) is 0 Å². The molecule has 1 atom stereocenters. The minimum absolute atomic E-state index is 0.0195. The molecule has 1 unspecified atom stereocenters. The summed E-state index contributed by atoms with van der Waals surface area (Å²) in [5, 5.41) is 0. The third-order valence-corrected chi connectivity index (χ3v) is 2.48. The van der Waals surface area contributed by atoms with Gasteiger partial charge in [0.25, 0.3) is 0 Å². The van der Waals surface area contributed by atoms with Crippen molar-refractivity contribution >= 4 is 17.5 Å². The zero-order valence-electron chi connectivity index (χ0n) is 7.96. The van der Waals surface area contributed by atoms with Gasteiger partial charge in [0.15, 0.2) is 0 Å². The topological polar surface area (TPSA) is 29.5 Å². The van der Waals surface area contributed by atoms with Crippen LogP contribution in [0.2, 0.25) is 0 Å². The Hall–Kier alpha value is -0.280. The average molecular weight is 206 g/mol. The van der Waals surface area contributed by atoms with Gasteiger partial charge in [0.05, 0.1) is 6.10 Å². The fraction of sp³-hybridized carbons (Fsp3) is 0.889. The molecule has 0 spiro atoms. The number of carbonyl (C=O) groups excluding carboxylic acids is 1. The summed E-state index contributed by atoms with van der Waals surface area (Å²) in [6, 6.07) is 0. The number of carbonyl (C=O) groups is 1. The highest BCUT2D eigenvalue weighted by Gasteiger charge is 2.22. The van der Waals surface area contributed by atoms with Gasteiger partial charge in [-0.15, -0.1) is 11.6 Å². The van der Waals surface area contributed by atoms with Gasteiger partial charge >= 0.3 is 0 Å². The Labute approximate surface area is 84.0 Å². The molecule has 0 aromatic heterocycles. The lowest BCUT2D eigenvalue weighted by Crippen LogP contribution is -2.43. The quantitative estimate of drug-likeness (QED) is 0.650. The Morgan fingerprint density at radius 3 is 3.08 bits per heavy atom. The number of ether oxygens (including phenoxy) is 1. The third-order valence-electron chi connectivity index (χ3n) is 2.25. The molecule has 0 bridgehead atoms. The molecule has 0 aromatic rings. The molecule has 1 heterocycles. The van der Waals surface area contributed by atoms with Crippen molar-refractivity contribution in [1.29, 1.82) is 0 Å².